The Kier molecular flexibility index (Phi) is 3.28. The van der Waals surface area contributed by atoms with Gasteiger partial charge in [-0.2, -0.15) is 0 Å². The molecule has 0 saturated carbocycles. The molecule has 1 aliphatic rings. The van der Waals surface area contributed by atoms with Crippen molar-refractivity contribution >= 4 is 11.6 Å². The van der Waals surface area contributed by atoms with Gasteiger partial charge in [-0.05, 0) is 38.8 Å². The summed E-state index contributed by atoms with van der Waals surface area (Å²) in [6, 6.07) is 5.42. The van der Waals surface area contributed by atoms with Gasteiger partial charge in [-0.3, -0.25) is 9.59 Å². The van der Waals surface area contributed by atoms with Crippen molar-refractivity contribution in [2.75, 3.05) is 0 Å². The first-order chi connectivity index (χ1) is 8.50. The highest BCUT2D eigenvalue weighted by molar-refractivity contribution is 6.25. The Bertz CT molecular complexity index is 585. The highest BCUT2D eigenvalue weighted by Crippen LogP contribution is 2.25. The normalized spacial score (nSPS) is 14.1. The van der Waals surface area contributed by atoms with E-state index in [1.165, 1.54) is 6.08 Å². The maximum atomic E-state index is 12.3. The predicted molar refractivity (Wildman–Crippen MR) is 72.0 cm³/mol. The van der Waals surface area contributed by atoms with Gasteiger partial charge in [0.1, 0.15) is 0 Å². The van der Waals surface area contributed by atoms with Crippen LogP contribution in [0, 0.1) is 6.92 Å². The number of allylic oxidation sites excluding steroid dienone is 4. The molecule has 2 nitrogen and oxygen atoms in total. The van der Waals surface area contributed by atoms with E-state index < -0.39 is 0 Å². The van der Waals surface area contributed by atoms with Crippen molar-refractivity contribution in [3.63, 3.8) is 0 Å². The number of hydrogen-bond donors (Lipinski definition) is 0. The maximum Gasteiger partial charge on any atom is 0.190 e. The molecule has 0 unspecified atom stereocenters. The summed E-state index contributed by atoms with van der Waals surface area (Å²) in [5, 5.41) is 0. The first kappa shape index (κ1) is 12.5. The van der Waals surface area contributed by atoms with E-state index in [2.05, 4.69) is 0 Å². The molecule has 0 amide bonds. The lowest BCUT2D eigenvalue weighted by molar-refractivity contribution is 0.0982. The summed E-state index contributed by atoms with van der Waals surface area (Å²) >= 11 is 0. The number of rotatable bonds is 2. The van der Waals surface area contributed by atoms with Gasteiger partial charge in [0.2, 0.25) is 0 Å². The van der Waals surface area contributed by atoms with E-state index in [0.717, 1.165) is 11.1 Å². The minimum absolute atomic E-state index is 0.0224. The number of Topliss-reactive ketones (excluding diaryl/α,β-unsaturated/α-hetero) is 1. The minimum atomic E-state index is -0.0557. The van der Waals surface area contributed by atoms with Crippen LogP contribution in [0.5, 0.6) is 0 Å². The van der Waals surface area contributed by atoms with E-state index in [0.29, 0.717) is 23.1 Å². The third kappa shape index (κ3) is 2.19. The SMILES string of the molecule is CC(C)=CCC1=CC(=O)c2c(C)cccc2C1=O. The zero-order valence-corrected chi connectivity index (χ0v) is 10.9. The quantitative estimate of drug-likeness (QED) is 0.739. The third-order valence-corrected chi connectivity index (χ3v) is 3.09. The molecule has 1 aliphatic carbocycles. The van der Waals surface area contributed by atoms with Crippen LogP contribution >= 0.6 is 0 Å². The van der Waals surface area contributed by atoms with Gasteiger partial charge >= 0.3 is 0 Å². The van der Waals surface area contributed by atoms with Crippen LogP contribution in [0.2, 0.25) is 0 Å². The molecule has 1 aromatic rings. The van der Waals surface area contributed by atoms with E-state index in [1.807, 2.05) is 39.0 Å². The summed E-state index contributed by atoms with van der Waals surface area (Å²) in [4.78, 5) is 24.3. The fraction of sp³-hybridized carbons (Fsp3) is 0.250. The zero-order valence-electron chi connectivity index (χ0n) is 10.9. The van der Waals surface area contributed by atoms with Crippen molar-refractivity contribution in [3.8, 4) is 0 Å². The molecular formula is C16H16O2. The van der Waals surface area contributed by atoms with Crippen LogP contribution in [0.15, 0.2) is 41.5 Å². The summed E-state index contributed by atoms with van der Waals surface area (Å²) in [7, 11) is 0. The van der Waals surface area contributed by atoms with Gasteiger partial charge < -0.3 is 0 Å². The second-order valence-corrected chi connectivity index (χ2v) is 4.85. The van der Waals surface area contributed by atoms with Crippen molar-refractivity contribution in [1.29, 1.82) is 0 Å². The van der Waals surface area contributed by atoms with Crippen LogP contribution < -0.4 is 0 Å². The minimum Gasteiger partial charge on any atom is -0.289 e. The van der Waals surface area contributed by atoms with E-state index in [1.54, 1.807) is 6.07 Å². The Morgan fingerprint density at radius 3 is 2.61 bits per heavy atom. The zero-order chi connectivity index (χ0) is 13.3. The highest BCUT2D eigenvalue weighted by atomic mass is 16.1. The molecule has 92 valence electrons. The lowest BCUT2D eigenvalue weighted by Crippen LogP contribution is -2.18. The van der Waals surface area contributed by atoms with Crippen LogP contribution in [0.1, 0.15) is 46.5 Å². The fourth-order valence-corrected chi connectivity index (χ4v) is 2.12. The number of fused-ring (bicyclic) bond motifs is 1. The topological polar surface area (TPSA) is 34.1 Å². The molecule has 0 fully saturated rings. The summed E-state index contributed by atoms with van der Waals surface area (Å²) in [5.41, 5.74) is 3.69. The van der Waals surface area contributed by atoms with Gasteiger partial charge in [-0.15, -0.1) is 0 Å². The largest absolute Gasteiger partial charge is 0.289 e. The van der Waals surface area contributed by atoms with Crippen LogP contribution in [0.25, 0.3) is 0 Å². The molecule has 0 bridgehead atoms. The second-order valence-electron chi connectivity index (χ2n) is 4.85. The van der Waals surface area contributed by atoms with Gasteiger partial charge in [0, 0.05) is 16.7 Å². The molecule has 2 rings (SSSR count). The third-order valence-electron chi connectivity index (χ3n) is 3.09. The summed E-state index contributed by atoms with van der Waals surface area (Å²) in [5.74, 6) is -0.0781. The van der Waals surface area contributed by atoms with E-state index in [-0.39, 0.29) is 11.6 Å². The number of hydrogen-bond acceptors (Lipinski definition) is 2. The van der Waals surface area contributed by atoms with Crippen molar-refractivity contribution in [3.05, 3.63) is 58.2 Å². The van der Waals surface area contributed by atoms with Gasteiger partial charge in [-0.1, -0.05) is 29.8 Å². The Hall–Kier alpha value is -1.96. The van der Waals surface area contributed by atoms with Crippen LogP contribution in [0.3, 0.4) is 0 Å². The number of ketones is 2. The maximum absolute atomic E-state index is 12.3. The number of carbonyl (C=O) groups excluding carboxylic acids is 2. The molecule has 0 radical (unpaired) electrons. The molecule has 0 heterocycles. The molecular weight excluding hydrogens is 224 g/mol. The van der Waals surface area contributed by atoms with Crippen LogP contribution in [-0.4, -0.2) is 11.6 Å². The smallest absolute Gasteiger partial charge is 0.190 e. The van der Waals surface area contributed by atoms with Crippen molar-refractivity contribution in [2.24, 2.45) is 0 Å². The van der Waals surface area contributed by atoms with Crippen molar-refractivity contribution < 1.29 is 9.59 Å². The summed E-state index contributed by atoms with van der Waals surface area (Å²) in [6.45, 7) is 5.82. The molecule has 0 aromatic heterocycles. The highest BCUT2D eigenvalue weighted by Gasteiger charge is 2.25. The van der Waals surface area contributed by atoms with Crippen molar-refractivity contribution in [2.45, 2.75) is 27.2 Å². The number of benzene rings is 1. The number of carbonyl (C=O) groups is 2. The van der Waals surface area contributed by atoms with Gasteiger partial charge in [0.25, 0.3) is 0 Å². The predicted octanol–water partition coefficient (Wildman–Crippen LogP) is 3.66. The lowest BCUT2D eigenvalue weighted by atomic mass is 9.85. The Morgan fingerprint density at radius 1 is 1.22 bits per heavy atom. The first-order valence-electron chi connectivity index (χ1n) is 6.03. The van der Waals surface area contributed by atoms with Crippen molar-refractivity contribution in [1.82, 2.24) is 0 Å². The van der Waals surface area contributed by atoms with E-state index >= 15 is 0 Å². The average molecular weight is 240 g/mol. The summed E-state index contributed by atoms with van der Waals surface area (Å²) in [6.07, 6.45) is 3.98. The standard InChI is InChI=1S/C16H16O2/c1-10(2)7-8-12-9-14(17)15-11(3)5-4-6-13(15)16(12)18/h4-7,9H,8H2,1-3H3. The molecule has 0 saturated heterocycles. The van der Waals surface area contributed by atoms with E-state index in [9.17, 15) is 9.59 Å². The number of aryl methyl sites for hydroxylation is 1. The summed E-state index contributed by atoms with van der Waals surface area (Å²) < 4.78 is 0. The molecule has 0 N–H and O–H groups in total. The second kappa shape index (κ2) is 4.73. The molecule has 18 heavy (non-hydrogen) atoms. The molecule has 0 aliphatic heterocycles. The van der Waals surface area contributed by atoms with Gasteiger partial charge in [-0.25, -0.2) is 0 Å². The molecule has 2 heteroatoms. The van der Waals surface area contributed by atoms with Gasteiger partial charge in [0.05, 0.1) is 0 Å². The Morgan fingerprint density at radius 2 is 1.94 bits per heavy atom. The molecule has 0 spiro atoms. The monoisotopic (exact) mass is 240 g/mol. The Balaban J connectivity index is 2.45. The molecule has 0 atom stereocenters. The van der Waals surface area contributed by atoms with Gasteiger partial charge in [0.15, 0.2) is 11.6 Å². The van der Waals surface area contributed by atoms with E-state index in [4.69, 9.17) is 0 Å². The fourth-order valence-electron chi connectivity index (χ4n) is 2.12. The lowest BCUT2D eigenvalue weighted by Gasteiger charge is -2.16. The van der Waals surface area contributed by atoms with Crippen LogP contribution in [-0.2, 0) is 0 Å². The average Bonchev–Trinajstić information content (AvgIpc) is 2.31. The molecule has 1 aromatic carbocycles. The Labute approximate surface area is 107 Å². The first-order valence-corrected chi connectivity index (χ1v) is 6.03. The van der Waals surface area contributed by atoms with Crippen LogP contribution in [0.4, 0.5) is 0 Å².